The molecular weight excluding hydrogens is 282 g/mol. The summed E-state index contributed by atoms with van der Waals surface area (Å²) >= 11 is 0. The van der Waals surface area contributed by atoms with E-state index in [1.54, 1.807) is 0 Å². The van der Waals surface area contributed by atoms with Crippen LogP contribution in [0.3, 0.4) is 0 Å². The van der Waals surface area contributed by atoms with E-state index >= 15 is 0 Å². The second kappa shape index (κ2) is 7.42. The van der Waals surface area contributed by atoms with E-state index < -0.39 is 5.54 Å². The maximum atomic E-state index is 12.3. The van der Waals surface area contributed by atoms with Crippen LogP contribution in [0, 0.1) is 13.8 Å². The Kier molecular flexibility index (Phi) is 6.14. The highest BCUT2D eigenvalue weighted by Crippen LogP contribution is 2.16. The highest BCUT2D eigenvalue weighted by Gasteiger charge is 2.23. The molecule has 0 aliphatic heterocycles. The molecule has 0 spiro atoms. The predicted octanol–water partition coefficient (Wildman–Crippen LogP) is 1.91. The van der Waals surface area contributed by atoms with Gasteiger partial charge in [0.05, 0.1) is 19.2 Å². The molecular formula is C16H27N3O3. The number of nitrogens with one attached hydrogen (secondary N) is 1. The molecule has 1 amide bonds. The summed E-state index contributed by atoms with van der Waals surface area (Å²) in [6.07, 6.45) is 1.13. The number of rotatable bonds is 7. The third-order valence-corrected chi connectivity index (χ3v) is 3.83. The first kappa shape index (κ1) is 18.2. The molecule has 1 heterocycles. The molecule has 0 saturated carbocycles. The largest absolute Gasteiger partial charge is 0.469 e. The first-order valence-corrected chi connectivity index (χ1v) is 7.61. The molecule has 0 saturated heterocycles. The lowest BCUT2D eigenvalue weighted by Gasteiger charge is -2.26. The van der Waals surface area contributed by atoms with Gasteiger partial charge in [-0.1, -0.05) is 0 Å². The van der Waals surface area contributed by atoms with E-state index in [2.05, 4.69) is 15.2 Å². The van der Waals surface area contributed by atoms with Crippen LogP contribution in [-0.2, 0) is 27.3 Å². The molecule has 0 aliphatic carbocycles. The number of hydrogen-bond donors (Lipinski definition) is 1. The zero-order valence-electron chi connectivity index (χ0n) is 14.4. The van der Waals surface area contributed by atoms with Gasteiger partial charge in [0.25, 0.3) is 0 Å². The summed E-state index contributed by atoms with van der Waals surface area (Å²) in [6, 6.07) is 0. The number of nitrogens with zero attached hydrogens (tertiary/aromatic N) is 2. The van der Waals surface area contributed by atoms with Crippen molar-refractivity contribution in [3.63, 3.8) is 0 Å². The summed E-state index contributed by atoms with van der Waals surface area (Å²) in [5.41, 5.74) is 2.45. The summed E-state index contributed by atoms with van der Waals surface area (Å²) in [6.45, 7) is 10.5. The minimum absolute atomic E-state index is 0.0586. The van der Waals surface area contributed by atoms with Crippen molar-refractivity contribution in [2.24, 2.45) is 0 Å². The van der Waals surface area contributed by atoms with E-state index in [9.17, 15) is 9.59 Å². The quantitative estimate of drug-likeness (QED) is 0.781. The van der Waals surface area contributed by atoms with Crippen LogP contribution in [0.5, 0.6) is 0 Å². The summed E-state index contributed by atoms with van der Waals surface area (Å²) in [4.78, 5) is 23.5. The Hall–Kier alpha value is -1.85. The molecule has 6 nitrogen and oxygen atoms in total. The molecule has 0 bridgehead atoms. The molecule has 0 atom stereocenters. The van der Waals surface area contributed by atoms with Crippen LogP contribution in [0.2, 0.25) is 0 Å². The molecule has 6 heteroatoms. The van der Waals surface area contributed by atoms with Gasteiger partial charge in [0.2, 0.25) is 5.91 Å². The van der Waals surface area contributed by atoms with Crippen LogP contribution in [0.25, 0.3) is 0 Å². The fraction of sp³-hybridized carbons (Fsp3) is 0.688. The average molecular weight is 309 g/mol. The maximum Gasteiger partial charge on any atom is 0.305 e. The molecule has 1 aromatic rings. The van der Waals surface area contributed by atoms with Gasteiger partial charge < -0.3 is 10.1 Å². The summed E-state index contributed by atoms with van der Waals surface area (Å²) in [7, 11) is 1.37. The van der Waals surface area contributed by atoms with Gasteiger partial charge in [-0.2, -0.15) is 5.10 Å². The Bertz CT molecular complexity index is 547. The molecule has 1 rings (SSSR count). The predicted molar refractivity (Wildman–Crippen MR) is 84.6 cm³/mol. The second-order valence-corrected chi connectivity index (χ2v) is 6.15. The lowest BCUT2D eigenvalue weighted by atomic mass is 9.97. The van der Waals surface area contributed by atoms with Gasteiger partial charge in [-0.05, 0) is 41.0 Å². The van der Waals surface area contributed by atoms with E-state index in [0.717, 1.165) is 23.5 Å². The lowest BCUT2D eigenvalue weighted by molar-refractivity contribution is -0.141. The average Bonchev–Trinajstić information content (AvgIpc) is 2.71. The lowest BCUT2D eigenvalue weighted by Crippen LogP contribution is -2.44. The second-order valence-electron chi connectivity index (χ2n) is 6.15. The molecule has 1 N–H and O–H groups in total. The fourth-order valence-corrected chi connectivity index (χ4v) is 2.46. The summed E-state index contributed by atoms with van der Waals surface area (Å²) in [5.74, 6) is -0.324. The van der Waals surface area contributed by atoms with Crippen molar-refractivity contribution in [2.75, 3.05) is 7.11 Å². The van der Waals surface area contributed by atoms with Crippen molar-refractivity contribution < 1.29 is 14.3 Å². The van der Waals surface area contributed by atoms with Crippen LogP contribution in [0.4, 0.5) is 0 Å². The number of methoxy groups -OCH3 is 1. The zero-order chi connectivity index (χ0) is 16.9. The van der Waals surface area contributed by atoms with E-state index in [1.807, 2.05) is 39.3 Å². The molecule has 0 fully saturated rings. The Morgan fingerprint density at radius 1 is 1.32 bits per heavy atom. The first-order chi connectivity index (χ1) is 10.2. The third kappa shape index (κ3) is 4.86. The van der Waals surface area contributed by atoms with Gasteiger partial charge in [0.1, 0.15) is 0 Å². The normalized spacial score (nSPS) is 11.4. The summed E-state index contributed by atoms with van der Waals surface area (Å²) < 4.78 is 6.53. The van der Waals surface area contributed by atoms with Crippen molar-refractivity contribution in [1.82, 2.24) is 15.1 Å². The van der Waals surface area contributed by atoms with Crippen LogP contribution in [0.15, 0.2) is 0 Å². The van der Waals surface area contributed by atoms with Gasteiger partial charge in [-0.25, -0.2) is 0 Å². The number of carbonyl (C=O) groups is 2. The highest BCUT2D eigenvalue weighted by atomic mass is 16.5. The Morgan fingerprint density at radius 3 is 2.45 bits per heavy atom. The van der Waals surface area contributed by atoms with Crippen molar-refractivity contribution in [2.45, 2.75) is 66.0 Å². The number of amides is 1. The Labute approximate surface area is 132 Å². The molecule has 22 heavy (non-hydrogen) atoms. The van der Waals surface area contributed by atoms with Crippen LogP contribution < -0.4 is 5.32 Å². The van der Waals surface area contributed by atoms with Gasteiger partial charge in [-0.3, -0.25) is 14.3 Å². The number of aryl methyl sites for hydroxylation is 2. The van der Waals surface area contributed by atoms with E-state index in [0.29, 0.717) is 12.8 Å². The number of hydrogen-bond acceptors (Lipinski definition) is 4. The first-order valence-electron chi connectivity index (χ1n) is 7.61. The van der Waals surface area contributed by atoms with E-state index in [4.69, 9.17) is 0 Å². The van der Waals surface area contributed by atoms with Gasteiger partial charge in [-0.15, -0.1) is 0 Å². The van der Waals surface area contributed by atoms with Crippen molar-refractivity contribution in [3.05, 3.63) is 17.0 Å². The van der Waals surface area contributed by atoms with Crippen LogP contribution in [0.1, 0.15) is 50.6 Å². The molecule has 0 aliphatic rings. The SMILES string of the molecule is CCn1nc(C)c(CC(=O)NC(C)(C)CCC(=O)OC)c1C. The third-order valence-electron chi connectivity index (χ3n) is 3.83. The summed E-state index contributed by atoms with van der Waals surface area (Å²) in [5, 5.41) is 7.41. The van der Waals surface area contributed by atoms with Crippen LogP contribution in [-0.4, -0.2) is 34.3 Å². The number of esters is 1. The van der Waals surface area contributed by atoms with E-state index in [1.165, 1.54) is 7.11 Å². The number of ether oxygens (including phenoxy) is 1. The minimum Gasteiger partial charge on any atom is -0.469 e. The van der Waals surface area contributed by atoms with Crippen molar-refractivity contribution in [3.8, 4) is 0 Å². The molecule has 0 aromatic carbocycles. The minimum atomic E-state index is -0.451. The molecule has 1 aromatic heterocycles. The topological polar surface area (TPSA) is 73.2 Å². The van der Waals surface area contributed by atoms with Gasteiger partial charge in [0.15, 0.2) is 0 Å². The fourth-order valence-electron chi connectivity index (χ4n) is 2.46. The van der Waals surface area contributed by atoms with Crippen molar-refractivity contribution >= 4 is 11.9 Å². The Morgan fingerprint density at radius 2 is 1.95 bits per heavy atom. The monoisotopic (exact) mass is 309 g/mol. The van der Waals surface area contributed by atoms with Crippen molar-refractivity contribution in [1.29, 1.82) is 0 Å². The molecule has 0 radical (unpaired) electrons. The smallest absolute Gasteiger partial charge is 0.305 e. The molecule has 0 unspecified atom stereocenters. The zero-order valence-corrected chi connectivity index (χ0v) is 14.4. The Balaban J connectivity index is 2.66. The van der Waals surface area contributed by atoms with E-state index in [-0.39, 0.29) is 18.3 Å². The van der Waals surface area contributed by atoms with Gasteiger partial charge in [0, 0.05) is 29.8 Å². The van der Waals surface area contributed by atoms with Gasteiger partial charge >= 0.3 is 5.97 Å². The van der Waals surface area contributed by atoms with Crippen LogP contribution >= 0.6 is 0 Å². The highest BCUT2D eigenvalue weighted by molar-refractivity contribution is 5.80. The number of carbonyl (C=O) groups excluding carboxylic acids is 2. The standard InChI is InChI=1S/C16H27N3O3/c1-7-19-12(3)13(11(2)18-19)10-14(20)17-16(4,5)9-8-15(21)22-6/h7-10H2,1-6H3,(H,17,20). The maximum absolute atomic E-state index is 12.3. The molecule has 124 valence electrons. The number of aromatic nitrogens is 2.